The first kappa shape index (κ1) is 17.1. The van der Waals surface area contributed by atoms with Crippen molar-refractivity contribution >= 4 is 11.7 Å². The zero-order valence-electron chi connectivity index (χ0n) is 13.1. The average Bonchev–Trinajstić information content (AvgIpc) is 2.53. The smallest absolute Gasteiger partial charge is 0.358 e. The van der Waals surface area contributed by atoms with Crippen LogP contribution in [0.2, 0.25) is 0 Å². The third-order valence-corrected chi connectivity index (χ3v) is 3.15. The van der Waals surface area contributed by atoms with Crippen molar-refractivity contribution in [3.8, 4) is 11.6 Å². The van der Waals surface area contributed by atoms with E-state index in [1.54, 1.807) is 26.0 Å². The molecule has 8 nitrogen and oxygen atoms in total. The Morgan fingerprint density at radius 1 is 1.33 bits per heavy atom. The van der Waals surface area contributed by atoms with Gasteiger partial charge in [-0.1, -0.05) is 17.3 Å². The highest BCUT2D eigenvalue weighted by molar-refractivity contribution is 6.43. The number of nitrogens with zero attached hydrogens (tertiary/aromatic N) is 2. The number of aryl methyl sites for hydroxylation is 2. The first-order valence-electron chi connectivity index (χ1n) is 6.72. The Kier molecular flexibility index (Phi) is 4.93. The number of hydrogen-bond acceptors (Lipinski definition) is 6. The van der Waals surface area contributed by atoms with Crippen molar-refractivity contribution < 1.29 is 23.9 Å². The van der Waals surface area contributed by atoms with Crippen molar-refractivity contribution in [1.82, 2.24) is 9.97 Å². The van der Waals surface area contributed by atoms with Crippen LogP contribution >= 0.6 is 0 Å². The predicted octanol–water partition coefficient (Wildman–Crippen LogP) is 1.75. The summed E-state index contributed by atoms with van der Waals surface area (Å²) < 4.78 is 19.3. The molecular weight excluding hydrogens is 321 g/mol. The fraction of sp³-hybridized carbons (Fsp3) is 0.200. The van der Waals surface area contributed by atoms with Gasteiger partial charge >= 0.3 is 5.97 Å². The molecule has 0 amide bonds. The van der Waals surface area contributed by atoms with Crippen molar-refractivity contribution in [2.75, 3.05) is 7.11 Å². The summed E-state index contributed by atoms with van der Waals surface area (Å²) in [6.07, 6.45) is 0.979. The van der Waals surface area contributed by atoms with E-state index >= 15 is 0 Å². The Bertz CT molecular complexity index is 876. The summed E-state index contributed by atoms with van der Waals surface area (Å²) >= 11 is 0. The molecule has 1 aromatic carbocycles. The zero-order chi connectivity index (χ0) is 17.9. The molecule has 0 aliphatic rings. The molecule has 2 rings (SSSR count). The number of benzene rings is 1. The van der Waals surface area contributed by atoms with Crippen LogP contribution in [-0.2, 0) is 9.63 Å². The summed E-state index contributed by atoms with van der Waals surface area (Å²) in [6.45, 7) is 3.27. The molecule has 0 saturated heterocycles. The zero-order valence-corrected chi connectivity index (χ0v) is 13.1. The van der Waals surface area contributed by atoms with E-state index in [0.29, 0.717) is 11.1 Å². The topological polar surface area (TPSA) is 114 Å². The van der Waals surface area contributed by atoms with E-state index in [2.05, 4.69) is 20.0 Å². The van der Waals surface area contributed by atoms with Crippen molar-refractivity contribution in [1.29, 1.82) is 0 Å². The van der Waals surface area contributed by atoms with E-state index in [4.69, 9.17) is 4.74 Å². The van der Waals surface area contributed by atoms with Gasteiger partial charge in [0.25, 0.3) is 11.4 Å². The van der Waals surface area contributed by atoms with Crippen molar-refractivity contribution in [2.24, 2.45) is 5.16 Å². The van der Waals surface area contributed by atoms with Gasteiger partial charge in [-0.15, -0.1) is 0 Å². The van der Waals surface area contributed by atoms with E-state index in [1.165, 1.54) is 7.11 Å². The second kappa shape index (κ2) is 6.90. The number of ether oxygens (including phenoxy) is 1. The monoisotopic (exact) mass is 335 g/mol. The molecule has 126 valence electrons. The lowest BCUT2D eigenvalue weighted by Gasteiger charge is -2.15. The van der Waals surface area contributed by atoms with Crippen LogP contribution in [0.15, 0.2) is 28.4 Å². The molecule has 2 aromatic rings. The van der Waals surface area contributed by atoms with Crippen LogP contribution < -0.4 is 10.3 Å². The number of nitrogens with one attached hydrogen (secondary N) is 1. The van der Waals surface area contributed by atoms with Crippen LogP contribution in [0.5, 0.6) is 11.6 Å². The maximum atomic E-state index is 13.9. The number of aromatic amines is 1. The number of rotatable bonds is 5. The summed E-state index contributed by atoms with van der Waals surface area (Å²) in [6, 6.07) is 3.32. The van der Waals surface area contributed by atoms with Crippen molar-refractivity contribution in [3.05, 3.63) is 51.3 Å². The lowest BCUT2D eigenvalue weighted by Crippen LogP contribution is -2.18. The normalized spacial score (nSPS) is 11.2. The van der Waals surface area contributed by atoms with E-state index in [-0.39, 0.29) is 11.3 Å². The third-order valence-electron chi connectivity index (χ3n) is 3.15. The largest absolute Gasteiger partial charge is 0.476 e. The van der Waals surface area contributed by atoms with Gasteiger partial charge in [-0.05, 0) is 25.0 Å². The average molecular weight is 335 g/mol. The summed E-state index contributed by atoms with van der Waals surface area (Å²) in [5, 5.41) is 12.8. The summed E-state index contributed by atoms with van der Waals surface area (Å²) in [5.41, 5.74) is -0.304. The van der Waals surface area contributed by atoms with E-state index in [1.807, 2.05) is 0 Å². The van der Waals surface area contributed by atoms with Gasteiger partial charge in [-0.2, -0.15) is 4.39 Å². The second-order valence-corrected chi connectivity index (χ2v) is 4.78. The molecular formula is C15H14FN3O5. The molecule has 1 aromatic heterocycles. The third kappa shape index (κ3) is 3.24. The molecule has 0 unspecified atom stereocenters. The number of aliphatic carboxylic acids is 1. The second-order valence-electron chi connectivity index (χ2n) is 4.78. The van der Waals surface area contributed by atoms with Gasteiger partial charge in [0.2, 0.25) is 5.82 Å². The number of H-pyrrole nitrogens is 1. The van der Waals surface area contributed by atoms with Gasteiger partial charge in [0.05, 0.1) is 11.9 Å². The minimum Gasteiger partial charge on any atom is -0.476 e. The SMILES string of the molecule is CO/N=C(/C(=O)O)c1c(C)ccc(C)c1Oc1nc[nH]c(=O)c1F. The fourth-order valence-corrected chi connectivity index (χ4v) is 2.03. The molecule has 9 heteroatoms. The maximum absolute atomic E-state index is 13.9. The van der Waals surface area contributed by atoms with Gasteiger partial charge < -0.3 is 19.7 Å². The van der Waals surface area contributed by atoms with Crippen LogP contribution in [0.25, 0.3) is 0 Å². The number of carbonyl (C=O) groups is 1. The van der Waals surface area contributed by atoms with Gasteiger partial charge in [0.15, 0.2) is 5.71 Å². The van der Waals surface area contributed by atoms with E-state index in [9.17, 15) is 19.1 Å². The van der Waals surface area contributed by atoms with Crippen LogP contribution in [0, 0.1) is 19.7 Å². The highest BCUT2D eigenvalue weighted by atomic mass is 19.1. The highest BCUT2D eigenvalue weighted by Gasteiger charge is 2.24. The quantitative estimate of drug-likeness (QED) is 0.635. The highest BCUT2D eigenvalue weighted by Crippen LogP contribution is 2.31. The molecule has 24 heavy (non-hydrogen) atoms. The van der Waals surface area contributed by atoms with E-state index < -0.39 is 28.9 Å². The van der Waals surface area contributed by atoms with Gasteiger partial charge in [-0.25, -0.2) is 9.78 Å². The number of carboxylic acid groups (broad SMARTS) is 1. The lowest BCUT2D eigenvalue weighted by molar-refractivity contribution is -0.129. The molecule has 0 spiro atoms. The number of hydrogen-bond donors (Lipinski definition) is 2. The first-order valence-corrected chi connectivity index (χ1v) is 6.72. The molecule has 0 radical (unpaired) electrons. The van der Waals surface area contributed by atoms with Crippen LogP contribution in [0.3, 0.4) is 0 Å². The number of aromatic nitrogens is 2. The Labute approximate surface area is 135 Å². The number of carboxylic acids is 1. The Morgan fingerprint density at radius 3 is 2.62 bits per heavy atom. The lowest BCUT2D eigenvalue weighted by atomic mass is 9.99. The van der Waals surface area contributed by atoms with Gasteiger partial charge in [0, 0.05) is 0 Å². The molecule has 0 aliphatic heterocycles. The molecule has 0 saturated carbocycles. The fourth-order valence-electron chi connectivity index (χ4n) is 2.03. The number of halogens is 1. The Hall–Kier alpha value is -3.23. The van der Waals surface area contributed by atoms with Crippen LogP contribution in [-0.4, -0.2) is 33.9 Å². The van der Waals surface area contributed by atoms with Crippen molar-refractivity contribution in [2.45, 2.75) is 13.8 Å². The van der Waals surface area contributed by atoms with E-state index in [0.717, 1.165) is 6.33 Å². The standard InChI is InChI=1S/C15H14FN3O5/c1-7-4-5-8(2)12(9(7)11(15(21)22)19-23-3)24-14-10(16)13(20)17-6-18-14/h4-6H,1-3H3,(H,21,22)(H,17,18,20)/b19-11+. The van der Waals surface area contributed by atoms with Gasteiger partial charge in [-0.3, -0.25) is 4.79 Å². The van der Waals surface area contributed by atoms with Crippen LogP contribution in [0.4, 0.5) is 4.39 Å². The van der Waals surface area contributed by atoms with Gasteiger partial charge in [0.1, 0.15) is 12.9 Å². The minimum atomic E-state index is -1.35. The number of oxime groups is 1. The summed E-state index contributed by atoms with van der Waals surface area (Å²) in [7, 11) is 1.20. The van der Waals surface area contributed by atoms with Crippen molar-refractivity contribution in [3.63, 3.8) is 0 Å². The Balaban J connectivity index is 2.68. The maximum Gasteiger partial charge on any atom is 0.358 e. The molecule has 0 fully saturated rings. The molecule has 0 aliphatic carbocycles. The molecule has 1 heterocycles. The predicted molar refractivity (Wildman–Crippen MR) is 82.0 cm³/mol. The summed E-state index contributed by atoms with van der Waals surface area (Å²) in [5.74, 6) is -3.12. The van der Waals surface area contributed by atoms with Crippen LogP contribution in [0.1, 0.15) is 16.7 Å². The summed E-state index contributed by atoms with van der Waals surface area (Å²) in [4.78, 5) is 33.1. The Morgan fingerprint density at radius 2 is 2.00 bits per heavy atom. The molecule has 0 atom stereocenters. The minimum absolute atomic E-state index is 0.0187. The molecule has 0 bridgehead atoms. The first-order chi connectivity index (χ1) is 11.4. The molecule has 2 N–H and O–H groups in total.